The molecule has 8 heteroatoms. The van der Waals surface area contributed by atoms with Gasteiger partial charge in [-0.05, 0) is 16.0 Å². The predicted molar refractivity (Wildman–Crippen MR) is 59.2 cm³/mol. The highest BCUT2D eigenvalue weighted by Crippen LogP contribution is 2.11. The Labute approximate surface area is 96.5 Å². The third-order valence-electron chi connectivity index (χ3n) is 2.19. The van der Waals surface area contributed by atoms with Gasteiger partial charge in [0.1, 0.15) is 6.33 Å². The number of nitrogens with zero attached hydrogens (tertiary/aromatic N) is 5. The number of rotatable bonds is 4. The zero-order valence-electron chi connectivity index (χ0n) is 9.07. The van der Waals surface area contributed by atoms with Gasteiger partial charge in [-0.1, -0.05) is 0 Å². The van der Waals surface area contributed by atoms with Crippen molar-refractivity contribution in [2.24, 2.45) is 7.05 Å². The van der Waals surface area contributed by atoms with Gasteiger partial charge < -0.3 is 20.0 Å². The highest BCUT2D eigenvalue weighted by atomic mass is 16.6. The summed E-state index contributed by atoms with van der Waals surface area (Å²) >= 11 is 0. The van der Waals surface area contributed by atoms with Crippen LogP contribution in [0.1, 0.15) is 5.82 Å². The summed E-state index contributed by atoms with van der Waals surface area (Å²) in [5, 5.41) is 21.1. The van der Waals surface area contributed by atoms with Gasteiger partial charge in [0.25, 0.3) is 0 Å². The summed E-state index contributed by atoms with van der Waals surface area (Å²) in [7, 11) is 1.84. The van der Waals surface area contributed by atoms with Gasteiger partial charge in [0.05, 0.1) is 12.2 Å². The maximum Gasteiger partial charge on any atom is 0.363 e. The Hall–Kier alpha value is -2.51. The van der Waals surface area contributed by atoms with Crippen LogP contribution >= 0.6 is 0 Å². The van der Waals surface area contributed by atoms with Crippen LogP contribution in [-0.2, 0) is 13.6 Å². The lowest BCUT2D eigenvalue weighted by Crippen LogP contribution is -2.06. The molecule has 0 saturated heterocycles. The van der Waals surface area contributed by atoms with E-state index in [1.807, 2.05) is 7.05 Å². The van der Waals surface area contributed by atoms with Crippen molar-refractivity contribution < 1.29 is 4.92 Å². The van der Waals surface area contributed by atoms with Gasteiger partial charge in [-0.2, -0.15) is 0 Å². The second kappa shape index (κ2) is 4.56. The number of aromatic nitrogens is 4. The van der Waals surface area contributed by atoms with E-state index in [9.17, 15) is 10.1 Å². The molecular weight excluding hydrogens is 224 g/mol. The van der Waals surface area contributed by atoms with Crippen LogP contribution in [0.5, 0.6) is 0 Å². The van der Waals surface area contributed by atoms with Gasteiger partial charge in [-0.15, -0.1) is 10.2 Å². The molecule has 0 aliphatic carbocycles. The van der Waals surface area contributed by atoms with Gasteiger partial charge in [0, 0.05) is 13.1 Å². The van der Waals surface area contributed by atoms with E-state index in [-0.39, 0.29) is 5.82 Å². The predicted octanol–water partition coefficient (Wildman–Crippen LogP) is 0.730. The average molecular weight is 234 g/mol. The molecule has 2 heterocycles. The van der Waals surface area contributed by atoms with Gasteiger partial charge in [-0.25, -0.2) is 0 Å². The number of nitro groups is 1. The Morgan fingerprint density at radius 3 is 2.88 bits per heavy atom. The Balaban J connectivity index is 2.00. The van der Waals surface area contributed by atoms with Gasteiger partial charge in [0.15, 0.2) is 12.0 Å². The third kappa shape index (κ3) is 2.54. The summed E-state index contributed by atoms with van der Waals surface area (Å²) in [5.41, 5.74) is 0.693. The van der Waals surface area contributed by atoms with E-state index in [1.165, 1.54) is 12.3 Å². The maximum atomic E-state index is 10.4. The van der Waals surface area contributed by atoms with E-state index in [1.54, 1.807) is 17.0 Å². The lowest BCUT2D eigenvalue weighted by molar-refractivity contribution is -0.389. The molecule has 2 rings (SSSR count). The molecule has 8 nitrogen and oxygen atoms in total. The molecule has 0 radical (unpaired) electrons. The van der Waals surface area contributed by atoms with Crippen LogP contribution in [0.4, 0.5) is 11.5 Å². The summed E-state index contributed by atoms with van der Waals surface area (Å²) in [5.74, 6) is 0.595. The van der Waals surface area contributed by atoms with E-state index in [0.717, 1.165) is 5.82 Å². The smallest absolute Gasteiger partial charge is 0.363 e. The first-order valence-electron chi connectivity index (χ1n) is 4.84. The lowest BCUT2D eigenvalue weighted by atomic mass is 10.4. The van der Waals surface area contributed by atoms with Crippen LogP contribution in [0.3, 0.4) is 0 Å². The molecule has 0 unspecified atom stereocenters. The largest absolute Gasteiger partial charge is 0.375 e. The maximum absolute atomic E-state index is 10.4. The first kappa shape index (κ1) is 11.0. The molecule has 0 bridgehead atoms. The van der Waals surface area contributed by atoms with Gasteiger partial charge in [-0.3, -0.25) is 0 Å². The molecule has 1 N–H and O–H groups in total. The fourth-order valence-corrected chi connectivity index (χ4v) is 1.25. The molecule has 0 atom stereocenters. The summed E-state index contributed by atoms with van der Waals surface area (Å²) < 4.78 is 1.78. The van der Waals surface area contributed by atoms with Crippen LogP contribution in [0.2, 0.25) is 0 Å². The molecule has 0 spiro atoms. The van der Waals surface area contributed by atoms with Gasteiger partial charge >= 0.3 is 5.82 Å². The van der Waals surface area contributed by atoms with E-state index in [4.69, 9.17) is 0 Å². The summed E-state index contributed by atoms with van der Waals surface area (Å²) in [6.45, 7) is 0.482. The molecule has 2 aromatic rings. The zero-order chi connectivity index (χ0) is 12.3. The molecule has 0 aliphatic rings. The topological polar surface area (TPSA) is 98.8 Å². The van der Waals surface area contributed by atoms with Crippen LogP contribution in [0.15, 0.2) is 24.7 Å². The van der Waals surface area contributed by atoms with Crippen molar-refractivity contribution >= 4 is 11.5 Å². The quantitative estimate of drug-likeness (QED) is 0.618. The summed E-state index contributed by atoms with van der Waals surface area (Å²) in [6, 6.07) is 2.94. The number of nitrogens with one attached hydrogen (secondary N) is 1. The number of anilines is 1. The minimum atomic E-state index is -0.535. The van der Waals surface area contributed by atoms with Crippen molar-refractivity contribution in [1.29, 1.82) is 0 Å². The van der Waals surface area contributed by atoms with Gasteiger partial charge in [0.2, 0.25) is 0 Å². The van der Waals surface area contributed by atoms with E-state index >= 15 is 0 Å². The molecule has 0 amide bonds. The molecule has 0 fully saturated rings. The van der Waals surface area contributed by atoms with Crippen LogP contribution in [0.25, 0.3) is 0 Å². The Kier molecular flexibility index (Phi) is 2.95. The van der Waals surface area contributed by atoms with Crippen LogP contribution in [-0.4, -0.2) is 24.7 Å². The summed E-state index contributed by atoms with van der Waals surface area (Å²) in [4.78, 5) is 13.6. The van der Waals surface area contributed by atoms with Crippen LogP contribution in [0, 0.1) is 10.1 Å². The zero-order valence-corrected chi connectivity index (χ0v) is 9.07. The van der Waals surface area contributed by atoms with Crippen molar-refractivity contribution in [2.45, 2.75) is 6.54 Å². The number of aryl methyl sites for hydroxylation is 1. The number of pyridine rings is 1. The SMILES string of the molecule is Cn1cnnc1CNc1ccc([N+](=O)[O-])nc1. The Bertz CT molecular complexity index is 521. The molecular formula is C9H10N6O2. The lowest BCUT2D eigenvalue weighted by Gasteiger charge is -2.03. The first-order chi connectivity index (χ1) is 8.16. The van der Waals surface area contributed by atoms with Crippen molar-refractivity contribution in [3.05, 3.63) is 40.6 Å². The highest BCUT2D eigenvalue weighted by Gasteiger charge is 2.06. The molecule has 2 aromatic heterocycles. The number of hydrogen-bond acceptors (Lipinski definition) is 6. The fourth-order valence-electron chi connectivity index (χ4n) is 1.25. The van der Waals surface area contributed by atoms with E-state index in [0.29, 0.717) is 12.2 Å². The van der Waals surface area contributed by atoms with Crippen molar-refractivity contribution in [3.8, 4) is 0 Å². The molecule has 0 aliphatic heterocycles. The number of hydrogen-bond donors (Lipinski definition) is 1. The molecule has 0 saturated carbocycles. The summed E-state index contributed by atoms with van der Waals surface area (Å²) in [6.07, 6.45) is 3.01. The Morgan fingerprint density at radius 1 is 1.53 bits per heavy atom. The monoisotopic (exact) mass is 234 g/mol. The van der Waals surface area contributed by atoms with Crippen molar-refractivity contribution in [1.82, 2.24) is 19.7 Å². The molecule has 0 aromatic carbocycles. The standard InChI is InChI=1S/C9H10N6O2/c1-14-6-12-13-9(14)5-10-7-2-3-8(11-4-7)15(16)17/h2-4,6,10H,5H2,1H3. The van der Waals surface area contributed by atoms with Crippen molar-refractivity contribution in [2.75, 3.05) is 5.32 Å². The second-order valence-corrected chi connectivity index (χ2v) is 3.37. The normalized spacial score (nSPS) is 10.2. The highest BCUT2D eigenvalue weighted by molar-refractivity contribution is 5.43. The molecule has 88 valence electrons. The van der Waals surface area contributed by atoms with E-state index < -0.39 is 4.92 Å². The van der Waals surface area contributed by atoms with Crippen molar-refractivity contribution in [3.63, 3.8) is 0 Å². The van der Waals surface area contributed by atoms with E-state index in [2.05, 4.69) is 20.5 Å². The fraction of sp³-hybridized carbons (Fsp3) is 0.222. The minimum Gasteiger partial charge on any atom is -0.375 e. The first-order valence-corrected chi connectivity index (χ1v) is 4.84. The third-order valence-corrected chi connectivity index (χ3v) is 2.19. The Morgan fingerprint density at radius 2 is 2.35 bits per heavy atom. The van der Waals surface area contributed by atoms with Crippen LogP contribution < -0.4 is 5.32 Å². The second-order valence-electron chi connectivity index (χ2n) is 3.37. The minimum absolute atomic E-state index is 0.172. The molecule has 17 heavy (non-hydrogen) atoms. The average Bonchev–Trinajstić information content (AvgIpc) is 2.73.